The highest BCUT2D eigenvalue weighted by Gasteiger charge is 2.10. The minimum absolute atomic E-state index is 0.0520. The van der Waals surface area contributed by atoms with Crippen molar-refractivity contribution in [3.8, 4) is 16.3 Å². The summed E-state index contributed by atoms with van der Waals surface area (Å²) >= 11 is 2.60. The Kier molecular flexibility index (Phi) is 6.25. The van der Waals surface area contributed by atoms with E-state index in [4.69, 9.17) is 9.47 Å². The van der Waals surface area contributed by atoms with Crippen LogP contribution in [0.2, 0.25) is 0 Å². The lowest BCUT2D eigenvalue weighted by Crippen LogP contribution is -2.07. The molecule has 0 atom stereocenters. The lowest BCUT2D eigenvalue weighted by atomic mass is 10.2. The van der Waals surface area contributed by atoms with Crippen molar-refractivity contribution in [3.63, 3.8) is 0 Å². The van der Waals surface area contributed by atoms with Crippen molar-refractivity contribution < 1.29 is 18.7 Å². The maximum atomic E-state index is 13.5. The molecule has 0 unspecified atom stereocenters. The van der Waals surface area contributed by atoms with E-state index >= 15 is 0 Å². The van der Waals surface area contributed by atoms with Gasteiger partial charge in [0.1, 0.15) is 23.2 Å². The second-order valence-electron chi connectivity index (χ2n) is 5.25. The molecule has 134 valence electrons. The molecular weight excluding hydrogens is 373 g/mol. The fourth-order valence-electron chi connectivity index (χ4n) is 2.13. The number of thiazole rings is 1. The highest BCUT2D eigenvalue weighted by atomic mass is 32.2. The average Bonchev–Trinajstić information content (AvgIpc) is 3.15. The highest BCUT2D eigenvalue weighted by Crippen LogP contribution is 2.26. The van der Waals surface area contributed by atoms with Gasteiger partial charge in [0.25, 0.3) is 0 Å². The number of aromatic nitrogens is 1. The molecule has 0 aliphatic heterocycles. The predicted octanol–water partition coefficient (Wildman–Crippen LogP) is 4.79. The minimum Gasteiger partial charge on any atom is -0.497 e. The van der Waals surface area contributed by atoms with Crippen LogP contribution < -0.4 is 4.74 Å². The molecule has 2 aromatic carbocycles. The number of rotatable bonds is 7. The van der Waals surface area contributed by atoms with E-state index < -0.39 is 5.97 Å². The summed E-state index contributed by atoms with van der Waals surface area (Å²) in [6.07, 6.45) is 0. The summed E-state index contributed by atoms with van der Waals surface area (Å²) in [5.74, 6) is 0.0918. The predicted molar refractivity (Wildman–Crippen MR) is 101 cm³/mol. The lowest BCUT2D eigenvalue weighted by Gasteiger charge is -2.04. The summed E-state index contributed by atoms with van der Waals surface area (Å²) in [4.78, 5) is 16.7. The van der Waals surface area contributed by atoms with E-state index in [1.165, 1.54) is 17.4 Å². The number of carbonyl (C=O) groups is 1. The van der Waals surface area contributed by atoms with Crippen LogP contribution in [0.5, 0.6) is 5.75 Å². The van der Waals surface area contributed by atoms with Crippen LogP contribution in [0.4, 0.5) is 4.39 Å². The van der Waals surface area contributed by atoms with Gasteiger partial charge in [-0.3, -0.25) is 4.79 Å². The van der Waals surface area contributed by atoms with Crippen LogP contribution in [-0.2, 0) is 16.1 Å². The summed E-state index contributed by atoms with van der Waals surface area (Å²) in [6.45, 7) is 0.101. The summed E-state index contributed by atoms with van der Waals surface area (Å²) in [6, 6.07) is 13.9. The standard InChI is InChI=1S/C19H16FNO3S2/c1-23-15-8-6-13(7-9-15)19-21-14(11-26-19)10-24-18(22)12-25-17-5-3-2-4-16(17)20/h2-9,11H,10,12H2,1H3. The minimum atomic E-state index is -0.405. The molecule has 3 aromatic rings. The van der Waals surface area contributed by atoms with Crippen LogP contribution >= 0.6 is 23.1 Å². The van der Waals surface area contributed by atoms with Gasteiger partial charge in [-0.15, -0.1) is 23.1 Å². The van der Waals surface area contributed by atoms with Crippen LogP contribution in [0.1, 0.15) is 5.69 Å². The monoisotopic (exact) mass is 389 g/mol. The first-order valence-electron chi connectivity index (χ1n) is 7.77. The van der Waals surface area contributed by atoms with Crippen LogP contribution in [-0.4, -0.2) is 23.8 Å². The number of ether oxygens (including phenoxy) is 2. The number of hydrogen-bond donors (Lipinski definition) is 0. The fraction of sp³-hybridized carbons (Fsp3) is 0.158. The van der Waals surface area contributed by atoms with Gasteiger partial charge in [0.2, 0.25) is 0 Å². The van der Waals surface area contributed by atoms with Crippen LogP contribution in [0.3, 0.4) is 0 Å². The second-order valence-corrected chi connectivity index (χ2v) is 7.13. The molecule has 0 amide bonds. The quantitative estimate of drug-likeness (QED) is 0.429. The third-order valence-electron chi connectivity index (χ3n) is 3.45. The molecule has 0 spiro atoms. The Balaban J connectivity index is 1.51. The number of benzene rings is 2. The molecule has 0 aliphatic rings. The second kappa shape index (κ2) is 8.82. The molecule has 0 aliphatic carbocycles. The zero-order valence-corrected chi connectivity index (χ0v) is 15.6. The maximum Gasteiger partial charge on any atom is 0.316 e. The van der Waals surface area contributed by atoms with Crippen LogP contribution in [0.15, 0.2) is 58.8 Å². The Morgan fingerprint density at radius 3 is 2.69 bits per heavy atom. The molecule has 0 saturated heterocycles. The molecule has 4 nitrogen and oxygen atoms in total. The Labute approximate surface area is 159 Å². The van der Waals surface area contributed by atoms with Gasteiger partial charge in [-0.2, -0.15) is 0 Å². The van der Waals surface area contributed by atoms with E-state index in [1.807, 2.05) is 29.6 Å². The lowest BCUT2D eigenvalue weighted by molar-refractivity contribution is -0.141. The molecule has 1 heterocycles. The van der Waals surface area contributed by atoms with Gasteiger partial charge in [-0.1, -0.05) is 12.1 Å². The van der Waals surface area contributed by atoms with Crippen molar-refractivity contribution in [1.82, 2.24) is 4.98 Å². The van der Waals surface area contributed by atoms with Crippen molar-refractivity contribution in [2.45, 2.75) is 11.5 Å². The number of thioether (sulfide) groups is 1. The molecule has 0 radical (unpaired) electrons. The van der Waals surface area contributed by atoms with Gasteiger partial charge >= 0.3 is 5.97 Å². The normalized spacial score (nSPS) is 10.5. The molecule has 26 heavy (non-hydrogen) atoms. The number of carbonyl (C=O) groups excluding carboxylic acids is 1. The summed E-state index contributed by atoms with van der Waals surface area (Å²) in [5, 5.41) is 2.70. The molecule has 0 fully saturated rings. The maximum absolute atomic E-state index is 13.5. The molecule has 0 bridgehead atoms. The van der Waals surface area contributed by atoms with E-state index in [1.54, 1.807) is 25.3 Å². The van der Waals surface area contributed by atoms with Crippen LogP contribution in [0.25, 0.3) is 10.6 Å². The number of halogens is 1. The molecule has 7 heteroatoms. The van der Waals surface area contributed by atoms with Gasteiger partial charge in [-0.05, 0) is 36.4 Å². The summed E-state index contributed by atoms with van der Waals surface area (Å²) < 4.78 is 23.9. The van der Waals surface area contributed by atoms with Crippen molar-refractivity contribution in [1.29, 1.82) is 0 Å². The van der Waals surface area contributed by atoms with Crippen LogP contribution in [0, 0.1) is 5.82 Å². The summed E-state index contributed by atoms with van der Waals surface area (Å²) in [7, 11) is 1.62. The Bertz CT molecular complexity index is 881. The Morgan fingerprint density at radius 1 is 1.19 bits per heavy atom. The van der Waals surface area contributed by atoms with E-state index in [2.05, 4.69) is 4.98 Å². The molecule has 3 rings (SSSR count). The van der Waals surface area contributed by atoms with Gasteiger partial charge in [-0.25, -0.2) is 9.37 Å². The van der Waals surface area contributed by atoms with E-state index in [9.17, 15) is 9.18 Å². The fourth-order valence-corrected chi connectivity index (χ4v) is 3.68. The van der Waals surface area contributed by atoms with Gasteiger partial charge in [0.15, 0.2) is 0 Å². The smallest absolute Gasteiger partial charge is 0.316 e. The highest BCUT2D eigenvalue weighted by molar-refractivity contribution is 8.00. The Morgan fingerprint density at radius 2 is 1.96 bits per heavy atom. The van der Waals surface area contributed by atoms with Crippen molar-refractivity contribution in [2.75, 3.05) is 12.9 Å². The zero-order chi connectivity index (χ0) is 18.4. The molecular formula is C19H16FNO3S2. The number of esters is 1. The Hall–Kier alpha value is -2.38. The zero-order valence-electron chi connectivity index (χ0n) is 14.0. The molecule has 0 saturated carbocycles. The number of nitrogens with zero attached hydrogens (tertiary/aromatic N) is 1. The topological polar surface area (TPSA) is 48.4 Å². The SMILES string of the molecule is COc1ccc(-c2nc(COC(=O)CSc3ccccc3F)cs2)cc1. The third-order valence-corrected chi connectivity index (χ3v) is 5.41. The van der Waals surface area contributed by atoms with E-state index in [0.717, 1.165) is 28.1 Å². The third kappa shape index (κ3) is 4.83. The van der Waals surface area contributed by atoms with Crippen molar-refractivity contribution in [2.24, 2.45) is 0 Å². The van der Waals surface area contributed by atoms with Gasteiger partial charge in [0, 0.05) is 15.8 Å². The van der Waals surface area contributed by atoms with Crippen molar-refractivity contribution in [3.05, 3.63) is 65.4 Å². The molecule has 0 N–H and O–H groups in total. The number of hydrogen-bond acceptors (Lipinski definition) is 6. The summed E-state index contributed by atoms with van der Waals surface area (Å²) in [5.41, 5.74) is 1.66. The average molecular weight is 389 g/mol. The van der Waals surface area contributed by atoms with Crippen molar-refractivity contribution >= 4 is 29.1 Å². The first kappa shape index (κ1) is 18.4. The first-order chi connectivity index (χ1) is 12.7. The number of methoxy groups -OCH3 is 1. The molecule has 1 aromatic heterocycles. The van der Waals surface area contributed by atoms with Gasteiger partial charge < -0.3 is 9.47 Å². The van der Waals surface area contributed by atoms with E-state index in [-0.39, 0.29) is 18.2 Å². The first-order valence-corrected chi connectivity index (χ1v) is 9.64. The van der Waals surface area contributed by atoms with Gasteiger partial charge in [0.05, 0.1) is 18.6 Å². The largest absolute Gasteiger partial charge is 0.497 e. The van der Waals surface area contributed by atoms with E-state index in [0.29, 0.717) is 10.6 Å².